The van der Waals surface area contributed by atoms with Gasteiger partial charge < -0.3 is 19.5 Å². The van der Waals surface area contributed by atoms with E-state index < -0.39 is 5.91 Å². The number of anilines is 1. The number of nitrogens with zero attached hydrogens (tertiary/aromatic N) is 1. The van der Waals surface area contributed by atoms with Gasteiger partial charge in [0.1, 0.15) is 17.2 Å². The minimum Gasteiger partial charge on any atom is -0.497 e. The molecule has 8 nitrogen and oxygen atoms in total. The van der Waals surface area contributed by atoms with Crippen molar-refractivity contribution in [3.8, 4) is 17.2 Å². The van der Waals surface area contributed by atoms with Gasteiger partial charge in [-0.05, 0) is 54.6 Å². The molecular weight excluding hydrogens is 410 g/mol. The third-order valence-electron chi connectivity index (χ3n) is 4.55. The number of benzene rings is 3. The Morgan fingerprint density at radius 3 is 2.19 bits per heavy atom. The van der Waals surface area contributed by atoms with Gasteiger partial charge in [-0.1, -0.05) is 6.07 Å². The first-order valence-corrected chi connectivity index (χ1v) is 9.65. The van der Waals surface area contributed by atoms with Crippen molar-refractivity contribution < 1.29 is 23.8 Å². The van der Waals surface area contributed by atoms with Crippen LogP contribution in [0.2, 0.25) is 0 Å². The van der Waals surface area contributed by atoms with Crippen LogP contribution in [-0.4, -0.2) is 39.4 Å². The molecule has 0 saturated heterocycles. The Morgan fingerprint density at radius 1 is 0.781 bits per heavy atom. The van der Waals surface area contributed by atoms with Crippen LogP contribution in [-0.2, 0) is 0 Å². The zero-order chi connectivity index (χ0) is 22.9. The third-order valence-corrected chi connectivity index (χ3v) is 4.55. The lowest BCUT2D eigenvalue weighted by atomic mass is 10.1. The van der Waals surface area contributed by atoms with E-state index in [0.717, 1.165) is 0 Å². The molecule has 3 rings (SSSR count). The summed E-state index contributed by atoms with van der Waals surface area (Å²) in [5.41, 5.74) is 4.44. The molecule has 0 bridgehead atoms. The smallest absolute Gasteiger partial charge is 0.271 e. The molecule has 0 heterocycles. The van der Waals surface area contributed by atoms with Crippen LogP contribution in [0.15, 0.2) is 71.8 Å². The molecule has 0 aliphatic heterocycles. The fraction of sp³-hybridized carbons (Fsp3) is 0.125. The molecule has 0 fully saturated rings. The van der Waals surface area contributed by atoms with E-state index in [-0.39, 0.29) is 5.91 Å². The van der Waals surface area contributed by atoms with Crippen LogP contribution in [0, 0.1) is 0 Å². The SMILES string of the molecule is COc1ccc(C(=O)Nc2cccc(C(=O)N/N=C/c3ccc(OC)cc3OC)c2)cc1. The molecule has 8 heteroatoms. The van der Waals surface area contributed by atoms with Gasteiger partial charge in [0.15, 0.2) is 0 Å². The van der Waals surface area contributed by atoms with Gasteiger partial charge in [0.05, 0.1) is 27.5 Å². The number of amides is 2. The molecule has 0 aliphatic carbocycles. The molecule has 0 saturated carbocycles. The van der Waals surface area contributed by atoms with Crippen LogP contribution >= 0.6 is 0 Å². The summed E-state index contributed by atoms with van der Waals surface area (Å²) in [5.74, 6) is 1.15. The molecule has 2 N–H and O–H groups in total. The second-order valence-corrected chi connectivity index (χ2v) is 6.57. The first-order chi connectivity index (χ1) is 15.5. The second-order valence-electron chi connectivity index (χ2n) is 6.57. The van der Waals surface area contributed by atoms with Crippen molar-refractivity contribution in [3.05, 3.63) is 83.4 Å². The maximum Gasteiger partial charge on any atom is 0.271 e. The van der Waals surface area contributed by atoms with Crippen molar-refractivity contribution in [1.82, 2.24) is 5.43 Å². The molecule has 164 valence electrons. The summed E-state index contributed by atoms with van der Waals surface area (Å²) in [6, 6.07) is 18.5. The number of ether oxygens (including phenoxy) is 3. The largest absolute Gasteiger partial charge is 0.497 e. The topological polar surface area (TPSA) is 98.2 Å². The summed E-state index contributed by atoms with van der Waals surface area (Å²) in [6.07, 6.45) is 1.48. The number of carbonyl (C=O) groups is 2. The first kappa shape index (κ1) is 22.4. The van der Waals surface area contributed by atoms with E-state index in [0.29, 0.717) is 39.6 Å². The maximum absolute atomic E-state index is 12.5. The number of hydrogen-bond donors (Lipinski definition) is 2. The fourth-order valence-electron chi connectivity index (χ4n) is 2.83. The molecule has 3 aromatic carbocycles. The van der Waals surface area contributed by atoms with Gasteiger partial charge in [-0.25, -0.2) is 5.43 Å². The molecule has 0 atom stereocenters. The van der Waals surface area contributed by atoms with E-state index in [9.17, 15) is 9.59 Å². The monoisotopic (exact) mass is 433 g/mol. The number of hydrogen-bond acceptors (Lipinski definition) is 6. The highest BCUT2D eigenvalue weighted by Crippen LogP contribution is 2.23. The summed E-state index contributed by atoms with van der Waals surface area (Å²) < 4.78 is 15.6. The van der Waals surface area contributed by atoms with Crippen LogP contribution < -0.4 is 25.0 Å². The Labute approximate surface area is 185 Å². The average Bonchev–Trinajstić information content (AvgIpc) is 2.84. The van der Waals surface area contributed by atoms with Crippen LogP contribution in [0.25, 0.3) is 0 Å². The van der Waals surface area contributed by atoms with Gasteiger partial charge in [-0.3, -0.25) is 9.59 Å². The Hall–Kier alpha value is -4.33. The molecule has 0 aromatic heterocycles. The molecular formula is C24H23N3O5. The maximum atomic E-state index is 12.5. The normalized spacial score (nSPS) is 10.5. The molecule has 0 unspecified atom stereocenters. The third kappa shape index (κ3) is 5.63. The minimum atomic E-state index is -0.422. The number of nitrogens with one attached hydrogen (secondary N) is 2. The summed E-state index contributed by atoms with van der Waals surface area (Å²) in [7, 11) is 4.66. The van der Waals surface area contributed by atoms with Crippen molar-refractivity contribution >= 4 is 23.7 Å². The van der Waals surface area contributed by atoms with Crippen molar-refractivity contribution in [2.45, 2.75) is 0 Å². The van der Waals surface area contributed by atoms with Gasteiger partial charge in [0, 0.05) is 28.4 Å². The summed E-state index contributed by atoms with van der Waals surface area (Å²) in [6.45, 7) is 0. The first-order valence-electron chi connectivity index (χ1n) is 9.65. The summed E-state index contributed by atoms with van der Waals surface area (Å²) in [5, 5.41) is 6.76. The Kier molecular flexibility index (Phi) is 7.42. The highest BCUT2D eigenvalue weighted by Gasteiger charge is 2.10. The summed E-state index contributed by atoms with van der Waals surface area (Å²) >= 11 is 0. The standard InChI is InChI=1S/C24H23N3O5/c1-30-20-10-7-16(8-11-20)23(28)26-19-6-4-5-17(13-19)24(29)27-25-15-18-9-12-21(31-2)14-22(18)32-3/h4-15H,1-3H3,(H,26,28)(H,27,29)/b25-15+. The van der Waals surface area contributed by atoms with Crippen LogP contribution in [0.1, 0.15) is 26.3 Å². The highest BCUT2D eigenvalue weighted by atomic mass is 16.5. The van der Waals surface area contributed by atoms with E-state index in [1.807, 2.05) is 0 Å². The van der Waals surface area contributed by atoms with Gasteiger partial charge in [-0.15, -0.1) is 0 Å². The quantitative estimate of drug-likeness (QED) is 0.417. The zero-order valence-corrected chi connectivity index (χ0v) is 17.9. The Bertz CT molecular complexity index is 1130. The van der Waals surface area contributed by atoms with Crippen LogP contribution in [0.3, 0.4) is 0 Å². The van der Waals surface area contributed by atoms with Crippen LogP contribution in [0.5, 0.6) is 17.2 Å². The molecule has 0 aliphatic rings. The van der Waals surface area contributed by atoms with Gasteiger partial charge in [-0.2, -0.15) is 5.10 Å². The van der Waals surface area contributed by atoms with E-state index >= 15 is 0 Å². The van der Waals surface area contributed by atoms with Crippen LogP contribution in [0.4, 0.5) is 5.69 Å². The van der Waals surface area contributed by atoms with E-state index in [2.05, 4.69) is 15.8 Å². The number of methoxy groups -OCH3 is 3. The number of carbonyl (C=O) groups excluding carboxylic acids is 2. The van der Waals surface area contributed by atoms with Gasteiger partial charge in [0.25, 0.3) is 11.8 Å². The van der Waals surface area contributed by atoms with Gasteiger partial charge >= 0.3 is 0 Å². The van der Waals surface area contributed by atoms with E-state index in [1.165, 1.54) is 13.3 Å². The predicted octanol–water partition coefficient (Wildman–Crippen LogP) is 3.73. The molecule has 3 aromatic rings. The second kappa shape index (κ2) is 10.6. The lowest BCUT2D eigenvalue weighted by Crippen LogP contribution is -2.18. The van der Waals surface area contributed by atoms with E-state index in [1.54, 1.807) is 80.9 Å². The average molecular weight is 433 g/mol. The van der Waals surface area contributed by atoms with Crippen molar-refractivity contribution in [1.29, 1.82) is 0 Å². The van der Waals surface area contributed by atoms with Crippen molar-refractivity contribution in [2.75, 3.05) is 26.6 Å². The minimum absolute atomic E-state index is 0.296. The molecule has 0 radical (unpaired) electrons. The fourth-order valence-corrected chi connectivity index (χ4v) is 2.83. The lowest BCUT2D eigenvalue weighted by molar-refractivity contribution is 0.0953. The number of rotatable bonds is 8. The zero-order valence-electron chi connectivity index (χ0n) is 17.9. The highest BCUT2D eigenvalue weighted by molar-refractivity contribution is 6.05. The molecule has 0 spiro atoms. The number of hydrazone groups is 1. The molecule has 2 amide bonds. The summed E-state index contributed by atoms with van der Waals surface area (Å²) in [4.78, 5) is 24.9. The molecule has 32 heavy (non-hydrogen) atoms. The van der Waals surface area contributed by atoms with Crippen molar-refractivity contribution in [2.24, 2.45) is 5.10 Å². The lowest BCUT2D eigenvalue weighted by Gasteiger charge is -2.08. The Morgan fingerprint density at radius 2 is 1.50 bits per heavy atom. The van der Waals surface area contributed by atoms with E-state index in [4.69, 9.17) is 14.2 Å². The van der Waals surface area contributed by atoms with Crippen molar-refractivity contribution in [3.63, 3.8) is 0 Å². The van der Waals surface area contributed by atoms with Gasteiger partial charge in [0.2, 0.25) is 0 Å². The predicted molar refractivity (Wildman–Crippen MR) is 122 cm³/mol. The Balaban J connectivity index is 1.65.